The number of hydrogen-bond acceptors (Lipinski definition) is 4. The monoisotopic (exact) mass is 358 g/mol. The average Bonchev–Trinajstić information content (AvgIpc) is 2.41. The molecular weight excluding hydrogens is 336 g/mol. The summed E-state index contributed by atoms with van der Waals surface area (Å²) in [6.07, 6.45) is 1.41. The second-order valence-electron chi connectivity index (χ2n) is 6.37. The van der Waals surface area contributed by atoms with Crippen LogP contribution in [0.5, 0.6) is 0 Å². The van der Waals surface area contributed by atoms with E-state index in [1.54, 1.807) is 0 Å². The quantitative estimate of drug-likeness (QED) is 0.902. The van der Waals surface area contributed by atoms with Crippen LogP contribution in [0, 0.1) is 0 Å². The molecule has 0 radical (unpaired) electrons. The number of rotatable bonds is 3. The lowest BCUT2D eigenvalue weighted by atomic mass is 9.89. The number of aromatic nitrogens is 2. The van der Waals surface area contributed by atoms with Crippen molar-refractivity contribution in [1.29, 1.82) is 0 Å². The molecule has 1 aliphatic rings. The summed E-state index contributed by atoms with van der Waals surface area (Å²) in [6.45, 7) is 9.89. The summed E-state index contributed by atoms with van der Waals surface area (Å²) < 4.78 is 11.9. The Morgan fingerprint density at radius 3 is 2.52 bits per heavy atom. The van der Waals surface area contributed by atoms with Crippen LogP contribution in [0.4, 0.5) is 0 Å². The van der Waals surface area contributed by atoms with Gasteiger partial charge in [-0.15, -0.1) is 0 Å². The topological polar surface area (TPSA) is 64.2 Å². The molecule has 1 saturated heterocycles. The maximum atomic E-state index is 12.3. The van der Waals surface area contributed by atoms with E-state index in [0.29, 0.717) is 43.0 Å². The second kappa shape index (κ2) is 6.18. The number of halogens is 1. The first-order valence-corrected chi connectivity index (χ1v) is 8.12. The zero-order chi connectivity index (χ0) is 15.7. The van der Waals surface area contributed by atoms with Crippen LogP contribution in [0.1, 0.15) is 52.1 Å². The van der Waals surface area contributed by atoms with Gasteiger partial charge in [-0.3, -0.25) is 4.79 Å². The largest absolute Gasteiger partial charge is 0.381 e. The number of H-pyrrole nitrogens is 1. The summed E-state index contributed by atoms with van der Waals surface area (Å²) in [5.41, 5.74) is -0.171. The SMILES string of the molecule is CCOC1(c2nc(C(C)(C)C)c(Br)c(=O)[nH]2)CCOCC1. The molecule has 1 aromatic heterocycles. The van der Waals surface area contributed by atoms with Crippen molar-refractivity contribution in [3.05, 3.63) is 26.3 Å². The smallest absolute Gasteiger partial charge is 0.265 e. The first-order chi connectivity index (χ1) is 9.80. The van der Waals surface area contributed by atoms with Gasteiger partial charge in [-0.1, -0.05) is 20.8 Å². The molecule has 6 heteroatoms. The molecule has 0 aromatic carbocycles. The molecule has 1 N–H and O–H groups in total. The summed E-state index contributed by atoms with van der Waals surface area (Å²) in [6, 6.07) is 0. The van der Waals surface area contributed by atoms with Gasteiger partial charge in [0, 0.05) is 38.1 Å². The van der Waals surface area contributed by atoms with E-state index in [0.717, 1.165) is 5.69 Å². The van der Waals surface area contributed by atoms with E-state index in [1.165, 1.54) is 0 Å². The summed E-state index contributed by atoms with van der Waals surface area (Å²) in [7, 11) is 0. The Morgan fingerprint density at radius 1 is 1.38 bits per heavy atom. The van der Waals surface area contributed by atoms with Gasteiger partial charge >= 0.3 is 0 Å². The van der Waals surface area contributed by atoms with E-state index in [-0.39, 0.29) is 11.0 Å². The average molecular weight is 359 g/mol. The van der Waals surface area contributed by atoms with Gasteiger partial charge < -0.3 is 14.5 Å². The lowest BCUT2D eigenvalue weighted by Crippen LogP contribution is -2.40. The molecule has 0 amide bonds. The van der Waals surface area contributed by atoms with Gasteiger partial charge in [0.2, 0.25) is 0 Å². The van der Waals surface area contributed by atoms with Gasteiger partial charge in [0.1, 0.15) is 15.9 Å². The van der Waals surface area contributed by atoms with Crippen LogP contribution < -0.4 is 5.56 Å². The minimum Gasteiger partial charge on any atom is -0.381 e. The molecule has 21 heavy (non-hydrogen) atoms. The summed E-state index contributed by atoms with van der Waals surface area (Å²) in [5, 5.41) is 0. The second-order valence-corrected chi connectivity index (χ2v) is 7.16. The highest BCUT2D eigenvalue weighted by Crippen LogP contribution is 2.35. The molecule has 2 rings (SSSR count). The highest BCUT2D eigenvalue weighted by Gasteiger charge is 2.39. The third-order valence-electron chi connectivity index (χ3n) is 3.73. The Kier molecular flexibility index (Phi) is 4.90. The Balaban J connectivity index is 2.56. The molecule has 0 bridgehead atoms. The maximum absolute atomic E-state index is 12.3. The highest BCUT2D eigenvalue weighted by atomic mass is 79.9. The van der Waals surface area contributed by atoms with Gasteiger partial charge in [-0.25, -0.2) is 4.98 Å². The fourth-order valence-electron chi connectivity index (χ4n) is 2.60. The number of nitrogens with one attached hydrogen (secondary N) is 1. The van der Waals surface area contributed by atoms with E-state index in [1.807, 2.05) is 27.7 Å². The van der Waals surface area contributed by atoms with Gasteiger partial charge in [0.05, 0.1) is 5.69 Å². The van der Waals surface area contributed by atoms with Crippen LogP contribution in [0.3, 0.4) is 0 Å². The Bertz CT molecular complexity index is 552. The molecule has 2 heterocycles. The van der Waals surface area contributed by atoms with E-state index >= 15 is 0 Å². The van der Waals surface area contributed by atoms with E-state index in [4.69, 9.17) is 14.5 Å². The minimum absolute atomic E-state index is 0.157. The van der Waals surface area contributed by atoms with Crippen molar-refractivity contribution in [1.82, 2.24) is 9.97 Å². The predicted octanol–water partition coefficient (Wildman–Crippen LogP) is 2.87. The molecule has 0 spiro atoms. The van der Waals surface area contributed by atoms with Gasteiger partial charge in [0.25, 0.3) is 5.56 Å². The van der Waals surface area contributed by atoms with E-state index in [2.05, 4.69) is 20.9 Å². The van der Waals surface area contributed by atoms with Crippen LogP contribution >= 0.6 is 15.9 Å². The predicted molar refractivity (Wildman–Crippen MR) is 84.6 cm³/mol. The maximum Gasteiger partial charge on any atom is 0.265 e. The molecule has 5 nitrogen and oxygen atoms in total. The highest BCUT2D eigenvalue weighted by molar-refractivity contribution is 9.10. The van der Waals surface area contributed by atoms with Gasteiger partial charge in [-0.2, -0.15) is 0 Å². The molecule has 118 valence electrons. The van der Waals surface area contributed by atoms with Crippen LogP contribution in [-0.2, 0) is 20.5 Å². The molecule has 1 aromatic rings. The zero-order valence-corrected chi connectivity index (χ0v) is 14.7. The van der Waals surface area contributed by atoms with E-state index < -0.39 is 5.60 Å². The molecule has 0 saturated carbocycles. The van der Waals surface area contributed by atoms with Crippen molar-refractivity contribution in [3.8, 4) is 0 Å². The van der Waals surface area contributed by atoms with Gasteiger partial charge in [-0.05, 0) is 22.9 Å². The van der Waals surface area contributed by atoms with Crippen LogP contribution in [-0.4, -0.2) is 29.8 Å². The van der Waals surface area contributed by atoms with Crippen molar-refractivity contribution in [2.24, 2.45) is 0 Å². The fourth-order valence-corrected chi connectivity index (χ4v) is 3.38. The Labute approximate surface area is 133 Å². The van der Waals surface area contributed by atoms with Crippen molar-refractivity contribution in [2.45, 2.75) is 51.6 Å². The lowest BCUT2D eigenvalue weighted by molar-refractivity contribution is -0.118. The van der Waals surface area contributed by atoms with E-state index in [9.17, 15) is 4.79 Å². The third-order valence-corrected chi connectivity index (χ3v) is 4.46. The zero-order valence-electron chi connectivity index (χ0n) is 13.1. The normalized spacial score (nSPS) is 18.7. The van der Waals surface area contributed by atoms with Crippen molar-refractivity contribution in [3.63, 3.8) is 0 Å². The standard InChI is InChI=1S/C15H23BrN2O3/c1-5-21-15(6-8-20-9-7-15)13-17-11(14(2,3)4)10(16)12(19)18-13/h5-9H2,1-4H3,(H,17,18,19). The summed E-state index contributed by atoms with van der Waals surface area (Å²) in [5.74, 6) is 0.616. The summed E-state index contributed by atoms with van der Waals surface area (Å²) >= 11 is 3.36. The molecule has 1 fully saturated rings. The number of aromatic amines is 1. The van der Waals surface area contributed by atoms with Gasteiger partial charge in [0.15, 0.2) is 0 Å². The molecule has 0 unspecified atom stereocenters. The molecule has 0 aliphatic carbocycles. The number of ether oxygens (including phenoxy) is 2. The van der Waals surface area contributed by atoms with Crippen molar-refractivity contribution >= 4 is 15.9 Å². The molecular formula is C15H23BrN2O3. The first kappa shape index (κ1) is 16.6. The minimum atomic E-state index is -0.549. The lowest BCUT2D eigenvalue weighted by Gasteiger charge is -2.36. The Morgan fingerprint density at radius 2 is 2.00 bits per heavy atom. The number of nitrogens with zero attached hydrogens (tertiary/aromatic N) is 1. The molecule has 0 atom stereocenters. The first-order valence-electron chi connectivity index (χ1n) is 7.32. The van der Waals surface area contributed by atoms with Crippen molar-refractivity contribution < 1.29 is 9.47 Å². The molecule has 1 aliphatic heterocycles. The van der Waals surface area contributed by atoms with Crippen LogP contribution in [0.2, 0.25) is 0 Å². The van der Waals surface area contributed by atoms with Crippen LogP contribution in [0.15, 0.2) is 9.27 Å². The third kappa shape index (κ3) is 3.38. The Hall–Kier alpha value is -0.720. The summed E-state index contributed by atoms with van der Waals surface area (Å²) in [4.78, 5) is 19.9. The number of hydrogen-bond donors (Lipinski definition) is 1. The van der Waals surface area contributed by atoms with Crippen LogP contribution in [0.25, 0.3) is 0 Å². The fraction of sp³-hybridized carbons (Fsp3) is 0.733. The van der Waals surface area contributed by atoms with Crippen molar-refractivity contribution in [2.75, 3.05) is 19.8 Å².